The highest BCUT2D eigenvalue weighted by Gasteiger charge is 2.45. The number of likely N-dealkylation sites (tertiary alicyclic amines) is 1. The first kappa shape index (κ1) is 25.6. The van der Waals surface area contributed by atoms with Gasteiger partial charge >= 0.3 is 12.1 Å². The van der Waals surface area contributed by atoms with Crippen molar-refractivity contribution in [3.05, 3.63) is 59.2 Å². The first-order valence-corrected chi connectivity index (χ1v) is 11.5. The minimum Gasteiger partial charge on any atom is -0.466 e. The number of amides is 1. The summed E-state index contributed by atoms with van der Waals surface area (Å²) >= 11 is 0. The second-order valence-electron chi connectivity index (χ2n) is 9.22. The summed E-state index contributed by atoms with van der Waals surface area (Å²) in [6.45, 7) is 2.51. The molecule has 2 unspecified atom stereocenters. The van der Waals surface area contributed by atoms with Gasteiger partial charge in [-0.15, -0.1) is 5.10 Å². The molecule has 2 aromatic heterocycles. The lowest BCUT2D eigenvalue weighted by Crippen LogP contribution is -2.30. The lowest BCUT2D eigenvalue weighted by atomic mass is 9.91. The zero-order valence-corrected chi connectivity index (χ0v) is 19.0. The Bertz CT molecular complexity index is 1260. The van der Waals surface area contributed by atoms with E-state index in [1.165, 1.54) is 17.5 Å². The number of hydrogen-bond donors (Lipinski definition) is 0. The molecule has 11 heteroatoms. The van der Waals surface area contributed by atoms with E-state index in [0.29, 0.717) is 37.9 Å². The van der Waals surface area contributed by atoms with Gasteiger partial charge in [-0.25, -0.2) is 9.50 Å². The number of carbonyl (C=O) groups is 2. The lowest BCUT2D eigenvalue weighted by Gasteiger charge is -2.21. The normalized spacial score (nSPS) is 21.3. The molecule has 192 valence electrons. The molecule has 3 heterocycles. The summed E-state index contributed by atoms with van der Waals surface area (Å²) in [4.78, 5) is 34.1. The van der Waals surface area contributed by atoms with Gasteiger partial charge in [0, 0.05) is 38.8 Å². The lowest BCUT2D eigenvalue weighted by molar-refractivity contribution is -0.141. The minimum atomic E-state index is -4.38. The molecule has 0 radical (unpaired) electrons. The summed E-state index contributed by atoms with van der Waals surface area (Å²) in [7, 11) is 0. The summed E-state index contributed by atoms with van der Waals surface area (Å²) in [6, 6.07) is 5.79. The summed E-state index contributed by atoms with van der Waals surface area (Å²) in [5, 5.41) is 4.28. The quantitative estimate of drug-likeness (QED) is 0.486. The Kier molecular flexibility index (Phi) is 7.01. The third-order valence-electron chi connectivity index (χ3n) is 6.88. The Balaban J connectivity index is 0.00000304. The number of esters is 1. The van der Waals surface area contributed by atoms with Crippen molar-refractivity contribution >= 4 is 17.7 Å². The fraction of sp³-hybridized carbons (Fsp3) is 0.480. The van der Waals surface area contributed by atoms with Crippen LogP contribution in [0.4, 0.5) is 13.2 Å². The Morgan fingerprint density at radius 2 is 1.83 bits per heavy atom. The molecule has 36 heavy (non-hydrogen) atoms. The van der Waals surface area contributed by atoms with Crippen molar-refractivity contribution in [1.82, 2.24) is 24.5 Å². The number of nitrogens with zero attached hydrogens (tertiary/aromatic N) is 5. The summed E-state index contributed by atoms with van der Waals surface area (Å²) < 4.78 is 46.7. The number of benzene rings is 1. The first-order chi connectivity index (χ1) is 16.7. The third-order valence-corrected chi connectivity index (χ3v) is 6.88. The highest BCUT2D eigenvalue weighted by atomic mass is 19.4. The van der Waals surface area contributed by atoms with E-state index < -0.39 is 11.7 Å². The monoisotopic (exact) mass is 503 g/mol. The topological polar surface area (TPSA) is 89.7 Å². The van der Waals surface area contributed by atoms with Crippen LogP contribution in [0.2, 0.25) is 0 Å². The van der Waals surface area contributed by atoms with Crippen LogP contribution in [0.15, 0.2) is 36.7 Å². The van der Waals surface area contributed by atoms with E-state index in [1.807, 2.05) is 0 Å². The van der Waals surface area contributed by atoms with Crippen LogP contribution in [0.3, 0.4) is 0 Å². The molecule has 2 atom stereocenters. The van der Waals surface area contributed by atoms with Gasteiger partial charge in [0.2, 0.25) is 5.82 Å². The molecule has 1 saturated heterocycles. The second kappa shape index (κ2) is 9.87. The Morgan fingerprint density at radius 1 is 1.14 bits per heavy atom. The maximum atomic E-state index is 13.5. The van der Waals surface area contributed by atoms with Gasteiger partial charge in [-0.1, -0.05) is 25.6 Å². The highest BCUT2D eigenvalue weighted by Crippen LogP contribution is 2.48. The van der Waals surface area contributed by atoms with Crippen LogP contribution in [0.25, 0.3) is 5.78 Å². The maximum Gasteiger partial charge on any atom is 0.416 e. The SMILES string of the molecule is C.CC(=O)OCCc1cnc2nc(C(=O)N3CC4CC(c5ccccc5C(F)(F)F)CC4C3)nn2c1. The largest absolute Gasteiger partial charge is 0.466 e. The molecule has 1 aliphatic heterocycles. The predicted molar refractivity (Wildman–Crippen MR) is 124 cm³/mol. The summed E-state index contributed by atoms with van der Waals surface area (Å²) in [5.74, 6) is -0.219. The summed E-state index contributed by atoms with van der Waals surface area (Å²) in [5.41, 5.74) is 0.569. The van der Waals surface area contributed by atoms with Gasteiger partial charge in [-0.05, 0) is 47.8 Å². The zero-order chi connectivity index (χ0) is 24.7. The van der Waals surface area contributed by atoms with Crippen molar-refractivity contribution in [1.29, 1.82) is 0 Å². The molecule has 1 saturated carbocycles. The number of aromatic nitrogens is 4. The first-order valence-electron chi connectivity index (χ1n) is 11.5. The smallest absolute Gasteiger partial charge is 0.416 e. The molecule has 3 aromatic rings. The predicted octanol–water partition coefficient (Wildman–Crippen LogP) is 4.15. The Labute approximate surface area is 206 Å². The van der Waals surface area contributed by atoms with Crippen molar-refractivity contribution in [3.63, 3.8) is 0 Å². The van der Waals surface area contributed by atoms with Crippen molar-refractivity contribution in [2.75, 3.05) is 19.7 Å². The van der Waals surface area contributed by atoms with Crippen LogP contribution in [0.5, 0.6) is 0 Å². The van der Waals surface area contributed by atoms with E-state index in [4.69, 9.17) is 4.74 Å². The standard InChI is InChI=1S/C24H24F3N5O3.CH4/c1-14(33)35-7-6-15-10-28-23-29-21(30-32(23)11-15)22(34)31-12-17-8-16(9-18(17)13-31)19-4-2-3-5-20(19)24(25,26)27;/h2-5,10-11,16-18H,6-9,12-13H2,1H3;1H4. The third kappa shape index (κ3) is 5.05. The van der Waals surface area contributed by atoms with Crippen LogP contribution in [-0.4, -0.2) is 56.1 Å². The molecule has 0 bridgehead atoms. The van der Waals surface area contributed by atoms with E-state index in [0.717, 1.165) is 11.6 Å². The Morgan fingerprint density at radius 3 is 2.50 bits per heavy atom. The van der Waals surface area contributed by atoms with Gasteiger partial charge in [0.15, 0.2) is 0 Å². The zero-order valence-electron chi connectivity index (χ0n) is 19.0. The van der Waals surface area contributed by atoms with Crippen LogP contribution in [-0.2, 0) is 22.1 Å². The second-order valence-corrected chi connectivity index (χ2v) is 9.22. The van der Waals surface area contributed by atoms with Gasteiger partial charge < -0.3 is 9.64 Å². The van der Waals surface area contributed by atoms with E-state index in [-0.39, 0.29) is 55.3 Å². The van der Waals surface area contributed by atoms with E-state index in [2.05, 4.69) is 15.1 Å². The van der Waals surface area contributed by atoms with Crippen molar-refractivity contribution in [2.24, 2.45) is 11.8 Å². The molecular formula is C25H28F3N5O3. The average molecular weight is 504 g/mol. The molecule has 8 nitrogen and oxygen atoms in total. The average Bonchev–Trinajstić information content (AvgIpc) is 3.50. The molecule has 2 fully saturated rings. The van der Waals surface area contributed by atoms with Crippen molar-refractivity contribution in [2.45, 2.75) is 45.7 Å². The molecular weight excluding hydrogens is 475 g/mol. The van der Waals surface area contributed by atoms with Gasteiger partial charge in [0.05, 0.1) is 12.2 Å². The van der Waals surface area contributed by atoms with Crippen molar-refractivity contribution in [3.8, 4) is 0 Å². The molecule has 5 rings (SSSR count). The number of carbonyl (C=O) groups excluding carboxylic acids is 2. The van der Waals surface area contributed by atoms with Gasteiger partial charge in [-0.3, -0.25) is 9.59 Å². The number of hydrogen-bond acceptors (Lipinski definition) is 6. The number of halogens is 3. The number of alkyl halides is 3. The van der Waals surface area contributed by atoms with Crippen LogP contribution in [0.1, 0.15) is 60.4 Å². The number of fused-ring (bicyclic) bond motifs is 2. The van der Waals surface area contributed by atoms with E-state index in [1.54, 1.807) is 29.4 Å². The minimum absolute atomic E-state index is 0. The van der Waals surface area contributed by atoms with E-state index in [9.17, 15) is 22.8 Å². The molecule has 1 amide bonds. The van der Waals surface area contributed by atoms with Crippen LogP contribution >= 0.6 is 0 Å². The van der Waals surface area contributed by atoms with Crippen LogP contribution < -0.4 is 0 Å². The van der Waals surface area contributed by atoms with Gasteiger partial charge in [0.1, 0.15) is 0 Å². The van der Waals surface area contributed by atoms with Crippen molar-refractivity contribution < 1.29 is 27.5 Å². The van der Waals surface area contributed by atoms with Gasteiger partial charge in [0.25, 0.3) is 11.7 Å². The molecule has 1 aliphatic carbocycles. The van der Waals surface area contributed by atoms with E-state index >= 15 is 0 Å². The fourth-order valence-corrected chi connectivity index (χ4v) is 5.33. The molecule has 2 aliphatic rings. The fourth-order valence-electron chi connectivity index (χ4n) is 5.33. The molecule has 0 N–H and O–H groups in total. The molecule has 1 aromatic carbocycles. The molecule has 0 spiro atoms. The number of rotatable bonds is 5. The highest BCUT2D eigenvalue weighted by molar-refractivity contribution is 5.91. The van der Waals surface area contributed by atoms with Gasteiger partial charge in [-0.2, -0.15) is 18.2 Å². The van der Waals surface area contributed by atoms with Crippen LogP contribution in [0, 0.1) is 11.8 Å². The summed E-state index contributed by atoms with van der Waals surface area (Å²) in [6.07, 6.45) is 0.609. The maximum absolute atomic E-state index is 13.5. The Hall–Kier alpha value is -3.50. The number of ether oxygens (including phenoxy) is 1.